The topological polar surface area (TPSA) is 81.2 Å². The maximum absolute atomic E-state index is 12.5. The summed E-state index contributed by atoms with van der Waals surface area (Å²) < 4.78 is 33.4. The first-order valence-corrected chi connectivity index (χ1v) is 10.4. The quantitative estimate of drug-likeness (QED) is 0.714. The number of thioether (sulfide) groups is 1. The monoisotopic (exact) mass is 373 g/mol. The van der Waals surface area contributed by atoms with Crippen LogP contribution in [0.5, 0.6) is 5.75 Å². The van der Waals surface area contributed by atoms with Crippen molar-refractivity contribution in [1.82, 2.24) is 10.2 Å². The predicted octanol–water partition coefficient (Wildman–Crippen LogP) is 3.41. The molecular weight excluding hydrogens is 354 g/mol. The van der Waals surface area contributed by atoms with Crippen LogP contribution in [-0.4, -0.2) is 31.5 Å². The van der Waals surface area contributed by atoms with Gasteiger partial charge in [0, 0.05) is 5.75 Å². The average Bonchev–Trinajstić information content (AvgIpc) is 2.98. The molecule has 2 rings (SSSR count). The fourth-order valence-corrected chi connectivity index (χ4v) is 4.83. The molecule has 0 unspecified atom stereocenters. The van der Waals surface area contributed by atoms with E-state index in [9.17, 15) is 8.42 Å². The number of hydrogen-bond acceptors (Lipinski definition) is 7. The van der Waals surface area contributed by atoms with E-state index in [1.807, 2.05) is 6.92 Å². The van der Waals surface area contributed by atoms with Gasteiger partial charge in [-0.15, -0.1) is 10.2 Å². The predicted molar refractivity (Wildman–Crippen MR) is 94.1 cm³/mol. The van der Waals surface area contributed by atoms with E-state index in [4.69, 9.17) is 4.74 Å². The van der Waals surface area contributed by atoms with E-state index >= 15 is 0 Å². The van der Waals surface area contributed by atoms with Crippen LogP contribution in [0.4, 0.5) is 5.13 Å². The number of benzene rings is 1. The number of nitrogens with one attached hydrogen (secondary N) is 1. The Morgan fingerprint density at radius 3 is 2.74 bits per heavy atom. The molecule has 0 fully saturated rings. The van der Waals surface area contributed by atoms with Gasteiger partial charge >= 0.3 is 0 Å². The first-order valence-electron chi connectivity index (χ1n) is 7.16. The van der Waals surface area contributed by atoms with E-state index in [-0.39, 0.29) is 10.0 Å². The van der Waals surface area contributed by atoms with Gasteiger partial charge in [-0.3, -0.25) is 4.72 Å². The molecule has 6 nitrogen and oxygen atoms in total. The molecule has 0 radical (unpaired) electrons. The summed E-state index contributed by atoms with van der Waals surface area (Å²) in [5, 5.41) is 8.14. The Bertz CT molecular complexity index is 760. The lowest BCUT2D eigenvalue weighted by Crippen LogP contribution is -2.13. The third-order valence-corrected chi connectivity index (χ3v) is 6.64. The fraction of sp³-hybridized carbons (Fsp3) is 0.429. The number of aryl methyl sites for hydroxylation is 1. The van der Waals surface area contributed by atoms with Crippen molar-refractivity contribution in [3.05, 3.63) is 23.8 Å². The maximum Gasteiger partial charge on any atom is 0.263 e. The molecule has 0 spiro atoms. The van der Waals surface area contributed by atoms with Gasteiger partial charge < -0.3 is 4.74 Å². The van der Waals surface area contributed by atoms with Crippen molar-refractivity contribution in [2.75, 3.05) is 17.6 Å². The van der Waals surface area contributed by atoms with E-state index in [1.54, 1.807) is 31.0 Å². The minimum atomic E-state index is -3.68. The van der Waals surface area contributed by atoms with Gasteiger partial charge in [0.15, 0.2) is 4.34 Å². The lowest BCUT2D eigenvalue weighted by molar-refractivity contribution is 0.409. The van der Waals surface area contributed by atoms with Crippen molar-refractivity contribution in [1.29, 1.82) is 0 Å². The molecule has 23 heavy (non-hydrogen) atoms. The van der Waals surface area contributed by atoms with Crippen LogP contribution in [-0.2, 0) is 16.4 Å². The number of sulfonamides is 1. The van der Waals surface area contributed by atoms with E-state index in [0.717, 1.165) is 22.1 Å². The number of anilines is 1. The van der Waals surface area contributed by atoms with Gasteiger partial charge in [-0.1, -0.05) is 36.9 Å². The SMILES string of the molecule is CCCSc1nnc(NS(=O)(=O)c2ccc(OC)c(CC)c2)s1. The molecule has 0 aliphatic carbocycles. The molecule has 0 atom stereocenters. The van der Waals surface area contributed by atoms with Crippen molar-refractivity contribution in [3.8, 4) is 5.75 Å². The second-order valence-corrected chi connectivity index (χ2v) is 8.66. The molecular formula is C14H19N3O3S3. The molecule has 1 heterocycles. The molecule has 1 N–H and O–H groups in total. The number of aromatic nitrogens is 2. The standard InChI is InChI=1S/C14H19N3O3S3/c1-4-8-21-14-16-15-13(22-14)17-23(18,19)11-6-7-12(20-3)10(5-2)9-11/h6-7,9H,4-5,8H2,1-3H3,(H,15,17). The smallest absolute Gasteiger partial charge is 0.263 e. The second-order valence-electron chi connectivity index (χ2n) is 4.65. The summed E-state index contributed by atoms with van der Waals surface area (Å²) in [4.78, 5) is 0.188. The molecule has 2 aromatic rings. The summed E-state index contributed by atoms with van der Waals surface area (Å²) in [7, 11) is -2.12. The Morgan fingerprint density at radius 2 is 2.09 bits per heavy atom. The molecule has 126 valence electrons. The Morgan fingerprint density at radius 1 is 1.30 bits per heavy atom. The Hall–Kier alpha value is -1.32. The molecule has 9 heteroatoms. The zero-order valence-electron chi connectivity index (χ0n) is 13.2. The largest absolute Gasteiger partial charge is 0.496 e. The summed E-state index contributed by atoms with van der Waals surface area (Å²) in [5.74, 6) is 1.61. The van der Waals surface area contributed by atoms with Gasteiger partial charge in [-0.25, -0.2) is 8.42 Å². The number of methoxy groups -OCH3 is 1. The molecule has 0 amide bonds. The van der Waals surface area contributed by atoms with Crippen LogP contribution in [0.1, 0.15) is 25.8 Å². The first kappa shape index (κ1) is 18.0. The third-order valence-electron chi connectivity index (χ3n) is 3.00. The molecule has 1 aromatic heterocycles. The number of hydrogen-bond donors (Lipinski definition) is 1. The van der Waals surface area contributed by atoms with Crippen molar-refractivity contribution in [3.63, 3.8) is 0 Å². The Balaban J connectivity index is 2.20. The highest BCUT2D eigenvalue weighted by Crippen LogP contribution is 2.28. The van der Waals surface area contributed by atoms with Crippen LogP contribution in [0.3, 0.4) is 0 Å². The highest BCUT2D eigenvalue weighted by atomic mass is 32.2. The van der Waals surface area contributed by atoms with Gasteiger partial charge in [0.05, 0.1) is 12.0 Å². The third kappa shape index (κ3) is 4.58. The van der Waals surface area contributed by atoms with Crippen LogP contribution in [0, 0.1) is 0 Å². The number of ether oxygens (including phenoxy) is 1. The molecule has 1 aromatic carbocycles. The van der Waals surface area contributed by atoms with Gasteiger partial charge in [0.2, 0.25) is 5.13 Å². The number of rotatable bonds is 8. The Kier molecular flexibility index (Phi) is 6.25. The molecule has 0 aliphatic heterocycles. The van der Waals surface area contributed by atoms with Crippen molar-refractivity contribution in [2.24, 2.45) is 0 Å². The van der Waals surface area contributed by atoms with Crippen LogP contribution in [0.25, 0.3) is 0 Å². The number of nitrogens with zero attached hydrogens (tertiary/aromatic N) is 2. The average molecular weight is 374 g/mol. The Labute approximate surface area is 144 Å². The molecule has 0 saturated carbocycles. The fourth-order valence-electron chi connectivity index (χ4n) is 1.87. The van der Waals surface area contributed by atoms with E-state index in [1.165, 1.54) is 17.4 Å². The van der Waals surface area contributed by atoms with E-state index in [2.05, 4.69) is 21.8 Å². The second kappa shape index (κ2) is 7.98. The zero-order chi connectivity index (χ0) is 16.9. The lowest BCUT2D eigenvalue weighted by atomic mass is 10.1. The highest BCUT2D eigenvalue weighted by Gasteiger charge is 2.18. The minimum absolute atomic E-state index is 0.188. The van der Waals surface area contributed by atoms with E-state index < -0.39 is 10.0 Å². The molecule has 0 aliphatic rings. The van der Waals surface area contributed by atoms with Gasteiger partial charge in [-0.05, 0) is 36.6 Å². The summed E-state index contributed by atoms with van der Waals surface area (Å²) >= 11 is 2.81. The van der Waals surface area contributed by atoms with Crippen LogP contribution in [0.2, 0.25) is 0 Å². The summed E-state index contributed by atoms with van der Waals surface area (Å²) in [6.45, 7) is 4.02. The lowest BCUT2D eigenvalue weighted by Gasteiger charge is -2.10. The van der Waals surface area contributed by atoms with Gasteiger partial charge in [0.1, 0.15) is 5.75 Å². The van der Waals surface area contributed by atoms with Gasteiger partial charge in [-0.2, -0.15) is 0 Å². The van der Waals surface area contributed by atoms with Crippen LogP contribution < -0.4 is 9.46 Å². The first-order chi connectivity index (χ1) is 11.0. The van der Waals surface area contributed by atoms with Crippen molar-refractivity contribution in [2.45, 2.75) is 35.9 Å². The summed E-state index contributed by atoms with van der Waals surface area (Å²) in [6, 6.07) is 4.80. The highest BCUT2D eigenvalue weighted by molar-refractivity contribution is 8.01. The normalized spacial score (nSPS) is 11.4. The van der Waals surface area contributed by atoms with Gasteiger partial charge in [0.25, 0.3) is 10.0 Å². The minimum Gasteiger partial charge on any atom is -0.496 e. The zero-order valence-corrected chi connectivity index (χ0v) is 15.6. The summed E-state index contributed by atoms with van der Waals surface area (Å²) in [5.41, 5.74) is 0.840. The van der Waals surface area contributed by atoms with E-state index in [0.29, 0.717) is 12.2 Å². The van der Waals surface area contributed by atoms with Crippen molar-refractivity contribution < 1.29 is 13.2 Å². The molecule has 0 saturated heterocycles. The van der Waals surface area contributed by atoms with Crippen LogP contribution in [0.15, 0.2) is 27.4 Å². The summed E-state index contributed by atoms with van der Waals surface area (Å²) in [6.07, 6.45) is 1.71. The molecule has 0 bridgehead atoms. The van der Waals surface area contributed by atoms with Crippen LogP contribution >= 0.6 is 23.1 Å². The maximum atomic E-state index is 12.5. The van der Waals surface area contributed by atoms with Crippen molar-refractivity contribution >= 4 is 38.3 Å².